The second-order valence-corrected chi connectivity index (χ2v) is 6.98. The van der Waals surface area contributed by atoms with Crippen LogP contribution in [-0.4, -0.2) is 10.2 Å². The first-order valence-corrected chi connectivity index (χ1v) is 7.97. The Hall–Kier alpha value is -0.940. The molecule has 2 aromatic heterocycles. The molecule has 1 aromatic carbocycles. The van der Waals surface area contributed by atoms with Crippen molar-refractivity contribution in [3.8, 4) is 9.88 Å². The normalized spacial score (nSPS) is 12.5. The molecule has 0 spiro atoms. The van der Waals surface area contributed by atoms with E-state index in [1.807, 2.05) is 42.5 Å². The summed E-state index contributed by atoms with van der Waals surface area (Å²) in [5.41, 5.74) is 1.02. The van der Waals surface area contributed by atoms with Gasteiger partial charge in [-0.05, 0) is 17.7 Å². The zero-order valence-electron chi connectivity index (χ0n) is 9.59. The van der Waals surface area contributed by atoms with E-state index in [-0.39, 0.29) is 5.38 Å². The van der Waals surface area contributed by atoms with E-state index >= 15 is 0 Å². The predicted octanol–water partition coefficient (Wildman–Crippen LogP) is 5.25. The molecule has 1 unspecified atom stereocenters. The van der Waals surface area contributed by atoms with Crippen LogP contribution in [0.4, 0.5) is 0 Å². The van der Waals surface area contributed by atoms with Crippen LogP contribution in [0.2, 0.25) is 4.34 Å². The molecule has 0 fully saturated rings. The van der Waals surface area contributed by atoms with Gasteiger partial charge in [0.1, 0.15) is 10.4 Å². The van der Waals surface area contributed by atoms with Gasteiger partial charge in [0.25, 0.3) is 0 Å². The number of hydrogen-bond acceptors (Lipinski definition) is 4. The van der Waals surface area contributed by atoms with Crippen molar-refractivity contribution in [2.75, 3.05) is 0 Å². The summed E-state index contributed by atoms with van der Waals surface area (Å²) in [6, 6.07) is 13.7. The lowest BCUT2D eigenvalue weighted by Crippen LogP contribution is -1.91. The smallest absolute Gasteiger partial charge is 0.141 e. The van der Waals surface area contributed by atoms with Crippen LogP contribution in [0.25, 0.3) is 9.88 Å². The Morgan fingerprint density at radius 3 is 2.42 bits per heavy atom. The van der Waals surface area contributed by atoms with E-state index < -0.39 is 0 Å². The van der Waals surface area contributed by atoms with Crippen LogP contribution in [0.3, 0.4) is 0 Å². The second-order valence-electron chi connectivity index (χ2n) is 3.82. The third-order valence-corrected chi connectivity index (χ3v) is 5.51. The summed E-state index contributed by atoms with van der Waals surface area (Å²) in [6.45, 7) is 0. The number of aromatic nitrogens is 2. The van der Waals surface area contributed by atoms with E-state index in [1.165, 1.54) is 22.7 Å². The Labute approximate surface area is 128 Å². The summed E-state index contributed by atoms with van der Waals surface area (Å²) in [7, 11) is 0. The quantitative estimate of drug-likeness (QED) is 0.614. The maximum atomic E-state index is 6.42. The van der Waals surface area contributed by atoms with Crippen molar-refractivity contribution in [3.05, 3.63) is 57.4 Å². The zero-order valence-corrected chi connectivity index (χ0v) is 12.7. The summed E-state index contributed by atoms with van der Waals surface area (Å²) in [5, 5.41) is 9.75. The summed E-state index contributed by atoms with van der Waals surface area (Å²) in [6.07, 6.45) is 0. The number of halogens is 2. The number of hydrogen-bond donors (Lipinski definition) is 0. The van der Waals surface area contributed by atoms with Crippen molar-refractivity contribution in [2.45, 2.75) is 5.38 Å². The van der Waals surface area contributed by atoms with Gasteiger partial charge in [-0.1, -0.05) is 53.3 Å². The Morgan fingerprint density at radius 2 is 1.74 bits per heavy atom. The number of rotatable bonds is 3. The van der Waals surface area contributed by atoms with Crippen molar-refractivity contribution in [2.24, 2.45) is 0 Å². The van der Waals surface area contributed by atoms with Gasteiger partial charge in [-0.15, -0.1) is 33.1 Å². The lowest BCUT2D eigenvalue weighted by Gasteiger charge is -2.04. The molecule has 19 heavy (non-hydrogen) atoms. The van der Waals surface area contributed by atoms with E-state index in [0.29, 0.717) is 0 Å². The van der Waals surface area contributed by atoms with Crippen molar-refractivity contribution in [3.63, 3.8) is 0 Å². The fraction of sp³-hybridized carbons (Fsp3) is 0.0769. The van der Waals surface area contributed by atoms with Gasteiger partial charge in [-0.3, -0.25) is 0 Å². The maximum Gasteiger partial charge on any atom is 0.157 e. The van der Waals surface area contributed by atoms with Crippen LogP contribution in [0.5, 0.6) is 0 Å². The average molecular weight is 327 g/mol. The second kappa shape index (κ2) is 5.59. The molecular formula is C13H8Cl2N2S2. The number of alkyl halides is 1. The highest BCUT2D eigenvalue weighted by atomic mass is 35.5. The van der Waals surface area contributed by atoms with Crippen LogP contribution in [0.15, 0.2) is 42.5 Å². The molecule has 0 N–H and O–H groups in total. The number of thiophene rings is 1. The highest BCUT2D eigenvalue weighted by molar-refractivity contribution is 7.23. The third kappa shape index (κ3) is 2.82. The van der Waals surface area contributed by atoms with Crippen molar-refractivity contribution in [1.82, 2.24) is 10.2 Å². The SMILES string of the molecule is Clc1ccc(-c2nnc(C(Cl)c3ccccc3)s2)s1. The van der Waals surface area contributed by atoms with Gasteiger partial charge in [0.15, 0.2) is 5.01 Å². The fourth-order valence-electron chi connectivity index (χ4n) is 1.63. The molecule has 0 saturated carbocycles. The zero-order chi connectivity index (χ0) is 13.2. The lowest BCUT2D eigenvalue weighted by atomic mass is 10.1. The van der Waals surface area contributed by atoms with Crippen LogP contribution in [-0.2, 0) is 0 Å². The minimum Gasteiger partial charge on any atom is -0.141 e. The molecule has 0 aliphatic heterocycles. The van der Waals surface area contributed by atoms with Gasteiger partial charge in [-0.2, -0.15) is 0 Å². The summed E-state index contributed by atoms with van der Waals surface area (Å²) < 4.78 is 0.747. The van der Waals surface area contributed by atoms with Gasteiger partial charge in [0.2, 0.25) is 0 Å². The molecule has 1 atom stereocenters. The van der Waals surface area contributed by atoms with Gasteiger partial charge >= 0.3 is 0 Å². The van der Waals surface area contributed by atoms with Crippen LogP contribution < -0.4 is 0 Å². The number of nitrogens with zero attached hydrogens (tertiary/aromatic N) is 2. The monoisotopic (exact) mass is 326 g/mol. The summed E-state index contributed by atoms with van der Waals surface area (Å²) >= 11 is 15.3. The van der Waals surface area contributed by atoms with Gasteiger partial charge in [0, 0.05) is 0 Å². The Morgan fingerprint density at radius 1 is 0.947 bits per heavy atom. The van der Waals surface area contributed by atoms with E-state index in [4.69, 9.17) is 23.2 Å². The third-order valence-electron chi connectivity index (χ3n) is 2.53. The standard InChI is InChI=1S/C13H8Cl2N2S2/c14-10-7-6-9(18-10)12-16-17-13(19-12)11(15)8-4-2-1-3-5-8/h1-7,11H. The molecule has 6 heteroatoms. The Balaban J connectivity index is 1.89. The highest BCUT2D eigenvalue weighted by Gasteiger charge is 2.17. The van der Waals surface area contributed by atoms with Gasteiger partial charge < -0.3 is 0 Å². The average Bonchev–Trinajstić information content (AvgIpc) is 3.07. The molecule has 2 nitrogen and oxygen atoms in total. The molecule has 96 valence electrons. The minimum absolute atomic E-state index is 0.261. The van der Waals surface area contributed by atoms with Gasteiger partial charge in [-0.25, -0.2) is 0 Å². The molecule has 0 amide bonds. The molecule has 0 saturated heterocycles. The molecule has 0 aliphatic rings. The summed E-state index contributed by atoms with van der Waals surface area (Å²) in [5.74, 6) is 0. The first kappa shape index (κ1) is 13.1. The van der Waals surface area contributed by atoms with Crippen molar-refractivity contribution in [1.29, 1.82) is 0 Å². The number of benzene rings is 1. The first-order valence-electron chi connectivity index (χ1n) is 5.52. The van der Waals surface area contributed by atoms with E-state index in [1.54, 1.807) is 0 Å². The first-order chi connectivity index (χ1) is 9.24. The molecular weight excluding hydrogens is 319 g/mol. The topological polar surface area (TPSA) is 25.8 Å². The highest BCUT2D eigenvalue weighted by Crippen LogP contribution is 2.37. The van der Waals surface area contributed by atoms with Crippen molar-refractivity contribution < 1.29 is 0 Å². The maximum absolute atomic E-state index is 6.42. The fourth-order valence-corrected chi connectivity index (χ4v) is 3.90. The lowest BCUT2D eigenvalue weighted by molar-refractivity contribution is 0.989. The Kier molecular flexibility index (Phi) is 3.84. The van der Waals surface area contributed by atoms with Crippen LogP contribution in [0, 0.1) is 0 Å². The van der Waals surface area contributed by atoms with E-state index in [9.17, 15) is 0 Å². The minimum atomic E-state index is -0.261. The Bertz CT molecular complexity index is 679. The van der Waals surface area contributed by atoms with E-state index in [0.717, 1.165) is 24.8 Å². The van der Waals surface area contributed by atoms with Gasteiger partial charge in [0.05, 0.1) is 9.21 Å². The summed E-state index contributed by atoms with van der Waals surface area (Å²) in [4.78, 5) is 1.02. The molecule has 2 heterocycles. The van der Waals surface area contributed by atoms with Crippen LogP contribution >= 0.6 is 45.9 Å². The van der Waals surface area contributed by atoms with E-state index in [2.05, 4.69) is 10.2 Å². The van der Waals surface area contributed by atoms with Crippen molar-refractivity contribution >= 4 is 45.9 Å². The molecule has 3 aromatic rings. The molecule has 3 rings (SSSR count). The molecule has 0 bridgehead atoms. The molecule has 0 radical (unpaired) electrons. The molecule has 0 aliphatic carbocycles. The van der Waals surface area contributed by atoms with Crippen LogP contribution in [0.1, 0.15) is 15.9 Å². The largest absolute Gasteiger partial charge is 0.157 e. The predicted molar refractivity (Wildman–Crippen MR) is 82.4 cm³/mol.